The van der Waals surface area contributed by atoms with Crippen molar-refractivity contribution in [1.82, 2.24) is 5.32 Å². The SMILES string of the molecule is CC(=O)CCC(C)C1=C2OCCNC2=CCC1. The second-order valence-corrected chi connectivity index (χ2v) is 4.93. The molecule has 0 aromatic heterocycles. The minimum absolute atomic E-state index is 0.275. The fourth-order valence-corrected chi connectivity index (χ4v) is 2.48. The number of carbonyl (C=O) groups is 1. The smallest absolute Gasteiger partial charge is 0.141 e. The van der Waals surface area contributed by atoms with Gasteiger partial charge >= 0.3 is 0 Å². The van der Waals surface area contributed by atoms with E-state index in [2.05, 4.69) is 18.3 Å². The normalized spacial score (nSPS) is 20.9. The van der Waals surface area contributed by atoms with Crippen LogP contribution in [0.15, 0.2) is 23.1 Å². The lowest BCUT2D eigenvalue weighted by Crippen LogP contribution is -2.30. The highest BCUT2D eigenvalue weighted by atomic mass is 16.5. The van der Waals surface area contributed by atoms with Crippen LogP contribution in [0.2, 0.25) is 0 Å². The molecule has 1 fully saturated rings. The maximum Gasteiger partial charge on any atom is 0.141 e. The summed E-state index contributed by atoms with van der Waals surface area (Å²) in [5.74, 6) is 1.77. The van der Waals surface area contributed by atoms with Gasteiger partial charge in [-0.3, -0.25) is 0 Å². The number of nitrogens with one attached hydrogen (secondary N) is 1. The van der Waals surface area contributed by atoms with Crippen molar-refractivity contribution in [3.63, 3.8) is 0 Å². The molecule has 0 spiro atoms. The molecule has 2 aliphatic rings. The lowest BCUT2D eigenvalue weighted by molar-refractivity contribution is -0.117. The van der Waals surface area contributed by atoms with Crippen LogP contribution in [-0.2, 0) is 9.53 Å². The molecule has 0 amide bonds. The highest BCUT2D eigenvalue weighted by Gasteiger charge is 2.24. The first-order chi connectivity index (χ1) is 8.18. The van der Waals surface area contributed by atoms with Crippen LogP contribution in [-0.4, -0.2) is 18.9 Å². The number of ether oxygens (including phenoxy) is 1. The van der Waals surface area contributed by atoms with Gasteiger partial charge in [0.2, 0.25) is 0 Å². The van der Waals surface area contributed by atoms with Crippen LogP contribution in [0.4, 0.5) is 0 Å². The van der Waals surface area contributed by atoms with Gasteiger partial charge in [-0.15, -0.1) is 0 Å². The number of Topliss-reactive ketones (excluding diaryl/α,β-unsaturated/α-hetero) is 1. The van der Waals surface area contributed by atoms with Crippen LogP contribution in [0.5, 0.6) is 0 Å². The van der Waals surface area contributed by atoms with Crippen molar-refractivity contribution < 1.29 is 9.53 Å². The number of allylic oxidation sites excluding steroid dienone is 2. The standard InChI is InChI=1S/C14H21NO2/c1-10(6-7-11(2)16)12-4-3-5-13-14(12)17-9-8-15-13/h5,10,15H,3-4,6-9H2,1-2H3. The topological polar surface area (TPSA) is 38.3 Å². The van der Waals surface area contributed by atoms with Crippen LogP contribution in [0.1, 0.15) is 39.5 Å². The van der Waals surface area contributed by atoms with Gasteiger partial charge in [0, 0.05) is 13.0 Å². The fourth-order valence-electron chi connectivity index (χ4n) is 2.48. The third kappa shape index (κ3) is 2.90. The zero-order valence-corrected chi connectivity index (χ0v) is 10.7. The first kappa shape index (κ1) is 12.2. The molecule has 0 radical (unpaired) electrons. The predicted octanol–water partition coefficient (Wildman–Crippen LogP) is 2.54. The third-order valence-corrected chi connectivity index (χ3v) is 3.49. The number of ketones is 1. The van der Waals surface area contributed by atoms with Crippen molar-refractivity contribution in [2.45, 2.75) is 39.5 Å². The summed E-state index contributed by atoms with van der Waals surface area (Å²) in [4.78, 5) is 11.0. The molecule has 1 heterocycles. The largest absolute Gasteiger partial charge is 0.490 e. The first-order valence-corrected chi connectivity index (χ1v) is 6.48. The van der Waals surface area contributed by atoms with Crippen LogP contribution in [0, 0.1) is 5.92 Å². The minimum atomic E-state index is 0.275. The molecule has 0 aromatic carbocycles. The summed E-state index contributed by atoms with van der Waals surface area (Å²) < 4.78 is 5.79. The summed E-state index contributed by atoms with van der Waals surface area (Å²) in [6.45, 7) is 5.50. The molecule has 3 heteroatoms. The Labute approximate surface area is 103 Å². The Morgan fingerprint density at radius 3 is 3.18 bits per heavy atom. The van der Waals surface area contributed by atoms with Gasteiger partial charge in [0.05, 0.1) is 5.70 Å². The zero-order chi connectivity index (χ0) is 12.3. The van der Waals surface area contributed by atoms with E-state index in [4.69, 9.17) is 4.74 Å². The Morgan fingerprint density at radius 2 is 2.41 bits per heavy atom. The maximum absolute atomic E-state index is 11.0. The highest BCUT2D eigenvalue weighted by molar-refractivity contribution is 5.75. The Kier molecular flexibility index (Phi) is 3.87. The Bertz CT molecular complexity index is 368. The molecule has 0 saturated carbocycles. The van der Waals surface area contributed by atoms with Crippen molar-refractivity contribution in [3.05, 3.63) is 23.1 Å². The maximum atomic E-state index is 11.0. The molecule has 1 unspecified atom stereocenters. The molecular weight excluding hydrogens is 214 g/mol. The molecular formula is C14H21NO2. The van der Waals surface area contributed by atoms with Crippen LogP contribution in [0.3, 0.4) is 0 Å². The molecule has 1 aliphatic carbocycles. The van der Waals surface area contributed by atoms with E-state index < -0.39 is 0 Å². The van der Waals surface area contributed by atoms with Crippen molar-refractivity contribution >= 4 is 5.78 Å². The fraction of sp³-hybridized carbons (Fsp3) is 0.643. The number of hydrogen-bond donors (Lipinski definition) is 1. The average Bonchev–Trinajstić information content (AvgIpc) is 2.35. The van der Waals surface area contributed by atoms with Crippen molar-refractivity contribution in [1.29, 1.82) is 0 Å². The van der Waals surface area contributed by atoms with Gasteiger partial charge in [-0.1, -0.05) is 13.0 Å². The molecule has 1 N–H and O–H groups in total. The highest BCUT2D eigenvalue weighted by Crippen LogP contribution is 2.33. The molecule has 0 aromatic rings. The number of rotatable bonds is 4. The van der Waals surface area contributed by atoms with Gasteiger partial charge in [0.25, 0.3) is 0 Å². The molecule has 94 valence electrons. The second kappa shape index (κ2) is 5.39. The van der Waals surface area contributed by atoms with Crippen LogP contribution < -0.4 is 5.32 Å². The number of morpholine rings is 1. The summed E-state index contributed by atoms with van der Waals surface area (Å²) in [7, 11) is 0. The lowest BCUT2D eigenvalue weighted by atomic mass is 9.87. The van der Waals surface area contributed by atoms with Gasteiger partial charge in [-0.2, -0.15) is 0 Å². The van der Waals surface area contributed by atoms with Gasteiger partial charge in [0.15, 0.2) is 0 Å². The quantitative estimate of drug-likeness (QED) is 0.813. The molecule has 2 rings (SSSR count). The third-order valence-electron chi connectivity index (χ3n) is 3.49. The summed E-state index contributed by atoms with van der Waals surface area (Å²) in [6, 6.07) is 0. The summed E-state index contributed by atoms with van der Waals surface area (Å²) >= 11 is 0. The van der Waals surface area contributed by atoms with Crippen molar-refractivity contribution in [2.24, 2.45) is 5.92 Å². The van der Waals surface area contributed by atoms with Gasteiger partial charge in [-0.05, 0) is 37.7 Å². The van der Waals surface area contributed by atoms with Gasteiger partial charge < -0.3 is 14.8 Å². The van der Waals surface area contributed by atoms with Gasteiger partial charge in [0.1, 0.15) is 18.1 Å². The summed E-state index contributed by atoms with van der Waals surface area (Å²) in [6.07, 6.45) is 5.97. The van der Waals surface area contributed by atoms with Gasteiger partial charge in [-0.25, -0.2) is 0 Å². The van der Waals surface area contributed by atoms with E-state index in [1.54, 1.807) is 6.92 Å². The average molecular weight is 235 g/mol. The zero-order valence-electron chi connectivity index (χ0n) is 10.7. The van der Waals surface area contributed by atoms with E-state index in [1.165, 1.54) is 5.57 Å². The minimum Gasteiger partial charge on any atom is -0.490 e. The molecule has 3 nitrogen and oxygen atoms in total. The van der Waals surface area contributed by atoms with E-state index in [0.717, 1.165) is 43.9 Å². The second-order valence-electron chi connectivity index (χ2n) is 4.93. The Morgan fingerprint density at radius 1 is 1.59 bits per heavy atom. The monoisotopic (exact) mass is 235 g/mol. The van der Waals surface area contributed by atoms with E-state index in [0.29, 0.717) is 12.3 Å². The first-order valence-electron chi connectivity index (χ1n) is 6.48. The summed E-state index contributed by atoms with van der Waals surface area (Å²) in [5.41, 5.74) is 2.54. The number of carbonyl (C=O) groups excluding carboxylic acids is 1. The molecule has 17 heavy (non-hydrogen) atoms. The lowest BCUT2D eigenvalue weighted by Gasteiger charge is -2.30. The van der Waals surface area contributed by atoms with E-state index in [1.807, 2.05) is 0 Å². The molecule has 1 saturated heterocycles. The molecule has 0 bridgehead atoms. The number of fused-ring (bicyclic) bond motifs is 1. The van der Waals surface area contributed by atoms with E-state index in [9.17, 15) is 4.79 Å². The Balaban J connectivity index is 2.09. The summed E-state index contributed by atoms with van der Waals surface area (Å²) in [5, 5.41) is 3.38. The number of hydrogen-bond acceptors (Lipinski definition) is 3. The molecule has 1 atom stereocenters. The van der Waals surface area contributed by atoms with E-state index in [-0.39, 0.29) is 5.78 Å². The predicted molar refractivity (Wildman–Crippen MR) is 67.4 cm³/mol. The van der Waals surface area contributed by atoms with Crippen molar-refractivity contribution in [2.75, 3.05) is 13.2 Å². The Hall–Kier alpha value is -1.25. The van der Waals surface area contributed by atoms with Crippen LogP contribution in [0.25, 0.3) is 0 Å². The van der Waals surface area contributed by atoms with Crippen molar-refractivity contribution in [3.8, 4) is 0 Å². The van der Waals surface area contributed by atoms with E-state index >= 15 is 0 Å². The molecule has 1 aliphatic heterocycles. The van der Waals surface area contributed by atoms with Crippen LogP contribution >= 0.6 is 0 Å².